The summed E-state index contributed by atoms with van der Waals surface area (Å²) in [6, 6.07) is 0. The summed E-state index contributed by atoms with van der Waals surface area (Å²) in [5, 5.41) is 0. The molecular weight excluding hydrogens is 1040 g/mol. The maximum Gasteiger partial charge on any atom is -0.0292 e. The van der Waals surface area contributed by atoms with Crippen molar-refractivity contribution in [2.75, 3.05) is 0 Å². The first-order valence-electron chi connectivity index (χ1n) is 41.9. The molecule has 0 nitrogen and oxygen atoms in total. The van der Waals surface area contributed by atoms with E-state index in [1.54, 1.807) is 167 Å². The van der Waals surface area contributed by atoms with Gasteiger partial charge in [-0.3, -0.25) is 0 Å². The highest BCUT2D eigenvalue weighted by molar-refractivity contribution is 5.12. The predicted octanol–water partition coefficient (Wildman–Crippen LogP) is 26.8. The molecule has 0 amide bonds. The average molecular weight is 1200 g/mol. The summed E-state index contributed by atoms with van der Waals surface area (Å²) in [5.41, 5.74) is 0.827. The zero-order valence-corrected chi connectivity index (χ0v) is 62.0. The molecule has 19 aliphatic rings. The molecule has 0 heterocycles. The molecule has 0 radical (unpaired) electrons. The van der Waals surface area contributed by atoms with Crippen molar-refractivity contribution in [3.05, 3.63) is 0 Å². The smallest absolute Gasteiger partial charge is 0.0292 e. The van der Waals surface area contributed by atoms with Crippen LogP contribution in [-0.4, -0.2) is 0 Å². The van der Waals surface area contributed by atoms with Crippen molar-refractivity contribution in [3.8, 4) is 0 Å². The molecule has 19 aliphatic carbocycles. The second-order valence-electron chi connectivity index (χ2n) is 38.5. The van der Waals surface area contributed by atoms with Gasteiger partial charge in [-0.05, 0) is 368 Å². The lowest BCUT2D eigenvalue weighted by Gasteiger charge is -2.41. The van der Waals surface area contributed by atoms with Crippen LogP contribution in [0.2, 0.25) is 0 Å². The van der Waals surface area contributed by atoms with Crippen LogP contribution in [0.1, 0.15) is 349 Å². The molecule has 504 valence electrons. The molecule has 0 aliphatic heterocycles. The van der Waals surface area contributed by atoms with Gasteiger partial charge < -0.3 is 0 Å². The van der Waals surface area contributed by atoms with Crippen LogP contribution in [0.3, 0.4) is 0 Å². The molecule has 24 unspecified atom stereocenters. The van der Waals surface area contributed by atoms with E-state index in [4.69, 9.17) is 0 Å². The van der Waals surface area contributed by atoms with E-state index in [0.29, 0.717) is 0 Å². The van der Waals surface area contributed by atoms with Crippen molar-refractivity contribution in [2.45, 2.75) is 349 Å². The van der Waals surface area contributed by atoms with Crippen LogP contribution in [-0.2, 0) is 0 Å². The van der Waals surface area contributed by atoms with Gasteiger partial charge in [0.15, 0.2) is 0 Å². The van der Waals surface area contributed by atoms with Crippen molar-refractivity contribution >= 4 is 0 Å². The fourth-order valence-electron chi connectivity index (χ4n) is 29.1. The molecule has 0 saturated heterocycles. The number of rotatable bonds is 6. The Balaban J connectivity index is 0.000000112. The van der Waals surface area contributed by atoms with E-state index in [-0.39, 0.29) is 0 Å². The van der Waals surface area contributed by atoms with Crippen molar-refractivity contribution in [3.63, 3.8) is 0 Å². The normalized spacial score (nSPS) is 48.3. The highest BCUT2D eigenvalue weighted by Gasteiger charge is 2.63. The summed E-state index contributed by atoms with van der Waals surface area (Å²) in [7, 11) is 0. The third-order valence-corrected chi connectivity index (χ3v) is 32.3. The molecular formula is C87H156. The van der Waals surface area contributed by atoms with Gasteiger partial charge in [-0.2, -0.15) is 0 Å². The van der Waals surface area contributed by atoms with E-state index in [1.807, 2.05) is 27.7 Å². The maximum absolute atomic E-state index is 2.54. The van der Waals surface area contributed by atoms with Gasteiger partial charge in [0.1, 0.15) is 0 Å². The first kappa shape index (κ1) is 69.8. The number of fused-ring (bicyclic) bond motifs is 23. The van der Waals surface area contributed by atoms with Crippen molar-refractivity contribution < 1.29 is 0 Å². The Labute approximate surface area is 546 Å². The minimum absolute atomic E-state index is 0.827. The summed E-state index contributed by atoms with van der Waals surface area (Å²) in [6.07, 6.45) is 56.2. The fourth-order valence-corrected chi connectivity index (χ4v) is 29.1. The summed E-state index contributed by atoms with van der Waals surface area (Å²) in [5.74, 6) is 36.7. The first-order valence-corrected chi connectivity index (χ1v) is 41.9. The fraction of sp³-hybridized carbons (Fsp3) is 1.00. The molecule has 0 aromatic rings. The first-order chi connectivity index (χ1) is 41.9. The van der Waals surface area contributed by atoms with E-state index >= 15 is 0 Å². The lowest BCUT2D eigenvalue weighted by Crippen LogP contribution is -2.34. The SMILES string of the molecule is CC.CC.CC(C)C1CC2CC1C1C3CCC(C3)C21.CC(C)C1CC2CC1C1CCCC21.CC(C)C1CC2CC1C1CCCCC21.CC(C)C1CC2CCC1C2.CC(C)C1CCCCC1.CC12CC3CC(CC1C3)C2.CCC1CC2CC(C)CC(C1)C2. The van der Waals surface area contributed by atoms with Gasteiger partial charge >= 0.3 is 0 Å². The van der Waals surface area contributed by atoms with E-state index in [0.717, 1.165) is 153 Å². The van der Waals surface area contributed by atoms with Gasteiger partial charge in [-0.15, -0.1) is 0 Å². The van der Waals surface area contributed by atoms with Crippen molar-refractivity contribution in [1.82, 2.24) is 0 Å². The Kier molecular flexibility index (Phi) is 25.1. The average Bonchev–Trinajstić information content (AvgIpc) is 1.62. The zero-order valence-electron chi connectivity index (χ0n) is 62.0. The largest absolute Gasteiger partial charge is 0.0683 e. The van der Waals surface area contributed by atoms with Crippen LogP contribution in [0.5, 0.6) is 0 Å². The zero-order chi connectivity index (χ0) is 62.0. The van der Waals surface area contributed by atoms with Crippen LogP contribution in [0, 0.1) is 201 Å². The van der Waals surface area contributed by atoms with Gasteiger partial charge in [-0.25, -0.2) is 0 Å². The molecule has 16 bridgehead atoms. The second-order valence-corrected chi connectivity index (χ2v) is 38.5. The highest BCUT2D eigenvalue weighted by Crippen LogP contribution is 2.70. The van der Waals surface area contributed by atoms with Crippen LogP contribution in [0.4, 0.5) is 0 Å². The summed E-state index contributed by atoms with van der Waals surface area (Å²) in [4.78, 5) is 0. The van der Waals surface area contributed by atoms with Gasteiger partial charge in [0, 0.05) is 0 Å². The Bertz CT molecular complexity index is 1960. The second kappa shape index (κ2) is 31.3. The van der Waals surface area contributed by atoms with Crippen LogP contribution in [0.25, 0.3) is 0 Å². The summed E-state index contributed by atoms with van der Waals surface area (Å²) >= 11 is 0. The lowest BCUT2D eigenvalue weighted by molar-refractivity contribution is 0.0842. The molecule has 19 fully saturated rings. The quantitative estimate of drug-likeness (QED) is 0.233. The Morgan fingerprint density at radius 2 is 0.770 bits per heavy atom. The molecule has 87 heavy (non-hydrogen) atoms. The molecule has 0 heteroatoms. The van der Waals surface area contributed by atoms with Crippen LogP contribution >= 0.6 is 0 Å². The predicted molar refractivity (Wildman–Crippen MR) is 380 cm³/mol. The molecule has 0 N–H and O–H groups in total. The third-order valence-electron chi connectivity index (χ3n) is 32.3. The molecule has 0 spiro atoms. The highest BCUT2D eigenvalue weighted by atomic mass is 14.7. The lowest BCUT2D eigenvalue weighted by atomic mass is 9.64. The minimum Gasteiger partial charge on any atom is -0.0683 e. The third kappa shape index (κ3) is 15.6. The van der Waals surface area contributed by atoms with Crippen molar-refractivity contribution in [1.29, 1.82) is 0 Å². The summed E-state index contributed by atoms with van der Waals surface area (Å²) in [6.45, 7) is 39.6. The van der Waals surface area contributed by atoms with E-state index < -0.39 is 0 Å². The van der Waals surface area contributed by atoms with Crippen LogP contribution in [0.15, 0.2) is 0 Å². The van der Waals surface area contributed by atoms with E-state index in [2.05, 4.69) is 90.0 Å². The standard InChI is InChI=1S/C15H24.C14H24.C13H22.C12H22.C10H16.C10H18.C9H18.2C2H6/c1-8(2)12-6-11-7-13(12)15-10-4-3-9(5-10)14(11)15;1-9(2)13-7-10-8-14(13)12-6-4-3-5-11(10)12;1-8(2)12-6-9-7-13(12)11-5-3-4-10(9)11;1-3-10-6-11-4-9(2)5-12(7-10)8-11;1-10-5-7-2-8(6-10)4-9(10)3-7;1-7(2)10-6-8-3-4-9(10)5-8;1-8(2)9-6-4-3-5-7-9;2*1-2/h8-15H,3-7H2,1-2H3;9-14H,3-8H2,1-2H3;8-13H,3-7H2,1-2H3;9-12H,3-8H2,1-2H3;7-9H,2-6H2,1H3;7-10H,3-6H2,1-2H3;8-9H,3-7H2,1-2H3;2*1-2H3. The number of hydrogen-bond acceptors (Lipinski definition) is 0. The summed E-state index contributed by atoms with van der Waals surface area (Å²) < 4.78 is 0. The van der Waals surface area contributed by atoms with E-state index in [1.165, 1.54) is 112 Å². The van der Waals surface area contributed by atoms with Gasteiger partial charge in [-0.1, -0.05) is 182 Å². The van der Waals surface area contributed by atoms with Gasteiger partial charge in [0.05, 0.1) is 0 Å². The molecule has 19 rings (SSSR count). The topological polar surface area (TPSA) is 0 Å². The molecule has 24 atom stereocenters. The monoisotopic (exact) mass is 1200 g/mol. The van der Waals surface area contributed by atoms with Crippen LogP contribution < -0.4 is 0 Å². The Morgan fingerprint density at radius 1 is 0.310 bits per heavy atom. The molecule has 0 aromatic carbocycles. The molecule has 19 saturated carbocycles. The minimum atomic E-state index is 0.827. The number of hydrogen-bond donors (Lipinski definition) is 0. The van der Waals surface area contributed by atoms with E-state index in [9.17, 15) is 0 Å². The van der Waals surface area contributed by atoms with Crippen molar-refractivity contribution in [2.24, 2.45) is 201 Å². The maximum atomic E-state index is 2.54. The Morgan fingerprint density at radius 3 is 1.23 bits per heavy atom. The molecule has 0 aromatic heterocycles. The van der Waals surface area contributed by atoms with Gasteiger partial charge in [0.2, 0.25) is 0 Å². The van der Waals surface area contributed by atoms with Gasteiger partial charge in [0.25, 0.3) is 0 Å². The Hall–Kier alpha value is 0.